The van der Waals surface area contributed by atoms with Gasteiger partial charge in [-0.3, -0.25) is 33.9 Å². The molecule has 0 saturated carbocycles. The first-order valence-electron chi connectivity index (χ1n) is 19.7. The van der Waals surface area contributed by atoms with Crippen molar-refractivity contribution >= 4 is 68.2 Å². The highest BCUT2D eigenvalue weighted by molar-refractivity contribution is 7.19. The number of rotatable bonds is 16. The molecule has 0 radical (unpaired) electrons. The number of nitrogens with two attached hydrogens (primary N) is 1. The molecule has 61 heavy (non-hydrogen) atoms. The Kier molecular flexibility index (Phi) is 15.4. The Morgan fingerprint density at radius 3 is 1.72 bits per heavy atom. The summed E-state index contributed by atoms with van der Waals surface area (Å²) in [7, 11) is 0. The van der Waals surface area contributed by atoms with Crippen LogP contribution in [0.15, 0.2) is 97.1 Å². The van der Waals surface area contributed by atoms with Crippen LogP contribution in [0.5, 0.6) is 0 Å². The van der Waals surface area contributed by atoms with E-state index in [4.69, 9.17) is 22.4 Å². The fraction of sp³-hybridized carbons (Fsp3) is 0.273. The number of hydrogen-bond donors (Lipinski definition) is 2. The number of halogens is 2. The third-order valence-corrected chi connectivity index (χ3v) is 12.1. The average Bonchev–Trinajstić information content (AvgIpc) is 3.94. The molecule has 3 heterocycles. The highest BCUT2D eigenvalue weighted by atomic mass is 35.5. The third-order valence-electron chi connectivity index (χ3n) is 9.79. The predicted octanol–water partition coefficient (Wildman–Crippen LogP) is 8.71. The molecule has 3 amide bonds. The summed E-state index contributed by atoms with van der Waals surface area (Å²) >= 11 is 8.82. The number of carbonyl (C=O) groups excluding carboxylic acids is 3. The molecule has 2 aromatic heterocycles. The number of unbranched alkanes of at least 4 members (excludes halogenated alkanes) is 2. The van der Waals surface area contributed by atoms with Crippen molar-refractivity contribution in [2.24, 2.45) is 11.7 Å². The van der Waals surface area contributed by atoms with Crippen LogP contribution in [0.4, 0.5) is 14.7 Å². The van der Waals surface area contributed by atoms with E-state index in [1.165, 1.54) is 39.7 Å². The first kappa shape index (κ1) is 44.6. The number of carboxylic acids is 1. The number of likely N-dealkylation sites (tertiary alicyclic amines) is 1. The van der Waals surface area contributed by atoms with Crippen molar-refractivity contribution < 1.29 is 28.7 Å². The van der Waals surface area contributed by atoms with Crippen LogP contribution in [0, 0.1) is 11.7 Å². The molecular weight excluding hydrogens is 839 g/mol. The molecule has 0 aliphatic carbocycles. The van der Waals surface area contributed by atoms with E-state index in [0.29, 0.717) is 69.2 Å². The van der Waals surface area contributed by atoms with Crippen molar-refractivity contribution in [1.29, 1.82) is 0 Å². The number of hydrogen-bond acceptors (Lipinski definition) is 11. The van der Waals surface area contributed by atoms with Crippen LogP contribution in [-0.4, -0.2) is 80.3 Å². The molecule has 1 aliphatic heterocycles. The standard InChI is InChI=1S/C24H25FN4O3S.C20H19ClN4O2S/c1-2-3-12-29(22(30)19-6-4-5-7-20(19)25)24-27-26-21(33-24)17-10-8-16(9-11-17)13-28-14-18(15-28)23(31)32;1-2-3-12-25(19(27)15-6-4-5-7-16(15)21)20-24-23-18(28-20)14-10-8-13(9-11-14)17(22)26/h4-11,18H,2-3,12-15H2,1H3,(H,31,32);4-11H,2-3,12H2,1H3,(H2,22,26). The van der Waals surface area contributed by atoms with Crippen molar-refractivity contribution in [3.05, 3.63) is 130 Å². The summed E-state index contributed by atoms with van der Waals surface area (Å²) in [5.41, 5.74) is 8.92. The normalized spacial score (nSPS) is 12.5. The number of aliphatic carboxylic acids is 1. The van der Waals surface area contributed by atoms with E-state index in [9.17, 15) is 23.6 Å². The minimum absolute atomic E-state index is 0.0193. The van der Waals surface area contributed by atoms with E-state index in [1.54, 1.807) is 65.6 Å². The lowest BCUT2D eigenvalue weighted by Crippen LogP contribution is -2.49. The molecule has 0 atom stereocenters. The van der Waals surface area contributed by atoms with E-state index in [1.807, 2.05) is 31.2 Å². The molecule has 1 fully saturated rings. The van der Waals surface area contributed by atoms with E-state index in [0.717, 1.165) is 42.4 Å². The first-order valence-corrected chi connectivity index (χ1v) is 21.7. The summed E-state index contributed by atoms with van der Waals surface area (Å²) < 4.78 is 14.2. The second kappa shape index (κ2) is 21.0. The van der Waals surface area contributed by atoms with Crippen LogP contribution in [0.3, 0.4) is 0 Å². The van der Waals surface area contributed by atoms with Crippen molar-refractivity contribution in [2.75, 3.05) is 36.0 Å². The average molecular weight is 883 g/mol. The van der Waals surface area contributed by atoms with Gasteiger partial charge in [0, 0.05) is 49.4 Å². The van der Waals surface area contributed by atoms with Crippen LogP contribution in [-0.2, 0) is 11.3 Å². The number of aromatic nitrogens is 4. The Morgan fingerprint density at radius 1 is 0.738 bits per heavy atom. The molecule has 6 aromatic rings. The molecule has 1 aliphatic rings. The van der Waals surface area contributed by atoms with Gasteiger partial charge in [-0.1, -0.05) is 122 Å². The molecule has 17 heteroatoms. The van der Waals surface area contributed by atoms with Gasteiger partial charge in [0.25, 0.3) is 11.8 Å². The number of benzene rings is 4. The Morgan fingerprint density at radius 2 is 1.23 bits per heavy atom. The number of anilines is 2. The lowest BCUT2D eigenvalue weighted by Gasteiger charge is -2.36. The van der Waals surface area contributed by atoms with Gasteiger partial charge in [0.05, 0.1) is 22.1 Å². The zero-order valence-corrected chi connectivity index (χ0v) is 35.9. The molecular formula is C44H44ClFN8O5S2. The number of nitrogens with zero attached hydrogens (tertiary/aromatic N) is 7. The van der Waals surface area contributed by atoms with E-state index < -0.39 is 23.6 Å². The monoisotopic (exact) mass is 882 g/mol. The summed E-state index contributed by atoms with van der Waals surface area (Å²) in [6, 6.07) is 27.6. The van der Waals surface area contributed by atoms with Crippen LogP contribution < -0.4 is 15.5 Å². The van der Waals surface area contributed by atoms with Gasteiger partial charge >= 0.3 is 5.97 Å². The minimum atomic E-state index is -0.741. The van der Waals surface area contributed by atoms with Gasteiger partial charge in [-0.2, -0.15) is 0 Å². The summed E-state index contributed by atoms with van der Waals surface area (Å²) in [5, 5.41) is 28.6. The van der Waals surface area contributed by atoms with Crippen LogP contribution >= 0.6 is 34.3 Å². The number of primary amides is 1. The van der Waals surface area contributed by atoms with Crippen molar-refractivity contribution in [3.63, 3.8) is 0 Å². The predicted molar refractivity (Wildman–Crippen MR) is 237 cm³/mol. The second-order valence-electron chi connectivity index (χ2n) is 14.2. The van der Waals surface area contributed by atoms with Crippen LogP contribution in [0.1, 0.15) is 76.2 Å². The smallest absolute Gasteiger partial charge is 0.309 e. The molecule has 0 spiro atoms. The quantitative estimate of drug-likeness (QED) is 0.0957. The zero-order valence-electron chi connectivity index (χ0n) is 33.5. The Hall–Kier alpha value is -5.94. The topological polar surface area (TPSA) is 176 Å². The van der Waals surface area contributed by atoms with Gasteiger partial charge in [-0.25, -0.2) is 4.39 Å². The van der Waals surface area contributed by atoms with Crippen LogP contribution in [0.25, 0.3) is 21.1 Å². The van der Waals surface area contributed by atoms with Gasteiger partial charge in [-0.15, -0.1) is 20.4 Å². The SMILES string of the molecule is CCCCN(C(=O)c1ccccc1Cl)c1nnc(-c2ccc(C(N)=O)cc2)s1.CCCCN(C(=O)c1ccccc1F)c1nnc(-c2ccc(CN3CC(C(=O)O)C3)cc2)s1. The van der Waals surface area contributed by atoms with Gasteiger partial charge in [0.15, 0.2) is 0 Å². The second-order valence-corrected chi connectivity index (χ2v) is 16.5. The van der Waals surface area contributed by atoms with E-state index in [-0.39, 0.29) is 17.4 Å². The van der Waals surface area contributed by atoms with Gasteiger partial charge in [0.1, 0.15) is 15.8 Å². The lowest BCUT2D eigenvalue weighted by molar-refractivity contribution is -0.147. The highest BCUT2D eigenvalue weighted by Gasteiger charge is 2.32. The molecule has 0 bridgehead atoms. The molecule has 1 saturated heterocycles. The third kappa shape index (κ3) is 11.3. The van der Waals surface area contributed by atoms with E-state index in [2.05, 4.69) is 32.2 Å². The number of amides is 3. The number of carboxylic acid groups (broad SMARTS) is 1. The highest BCUT2D eigenvalue weighted by Crippen LogP contribution is 2.32. The first-order chi connectivity index (χ1) is 29.5. The largest absolute Gasteiger partial charge is 0.481 e. The molecule has 3 N–H and O–H groups in total. The van der Waals surface area contributed by atoms with Gasteiger partial charge < -0.3 is 10.8 Å². The minimum Gasteiger partial charge on any atom is -0.481 e. The maximum absolute atomic E-state index is 14.2. The molecule has 316 valence electrons. The molecule has 0 unspecified atom stereocenters. The number of carbonyl (C=O) groups is 4. The Bertz CT molecular complexity index is 2460. The van der Waals surface area contributed by atoms with Gasteiger partial charge in [-0.05, 0) is 54.8 Å². The Balaban J connectivity index is 0.000000207. The fourth-order valence-electron chi connectivity index (χ4n) is 6.29. The maximum atomic E-state index is 14.2. The summed E-state index contributed by atoms with van der Waals surface area (Å²) in [6.07, 6.45) is 3.42. The van der Waals surface area contributed by atoms with Crippen molar-refractivity contribution in [3.8, 4) is 21.1 Å². The summed E-state index contributed by atoms with van der Waals surface area (Å²) in [4.78, 5) is 53.5. The van der Waals surface area contributed by atoms with Crippen LogP contribution in [0.2, 0.25) is 5.02 Å². The van der Waals surface area contributed by atoms with E-state index >= 15 is 0 Å². The van der Waals surface area contributed by atoms with Crippen molar-refractivity contribution in [2.45, 2.75) is 46.1 Å². The molecule has 13 nitrogen and oxygen atoms in total. The zero-order chi connectivity index (χ0) is 43.5. The van der Waals surface area contributed by atoms with Gasteiger partial charge in [0.2, 0.25) is 16.2 Å². The summed E-state index contributed by atoms with van der Waals surface area (Å²) in [6.45, 7) is 6.89. The van der Waals surface area contributed by atoms with Crippen molar-refractivity contribution in [1.82, 2.24) is 25.3 Å². The Labute approximate surface area is 365 Å². The fourth-order valence-corrected chi connectivity index (χ4v) is 8.25. The summed E-state index contributed by atoms with van der Waals surface area (Å²) in [5.74, 6) is -2.68. The lowest BCUT2D eigenvalue weighted by atomic mass is 9.99. The molecule has 4 aromatic carbocycles. The molecule has 7 rings (SSSR count). The maximum Gasteiger partial charge on any atom is 0.309 e.